The van der Waals surface area contributed by atoms with Gasteiger partial charge in [0.25, 0.3) is 0 Å². The van der Waals surface area contributed by atoms with Crippen LogP contribution in [0.4, 0.5) is 5.82 Å². The molecule has 1 amide bonds. The number of hydrogen-bond acceptors (Lipinski definition) is 8. The maximum absolute atomic E-state index is 12.6. The maximum atomic E-state index is 12.6. The number of furan rings is 1. The quantitative estimate of drug-likeness (QED) is 0.616. The molecule has 2 N–H and O–H groups in total. The molecule has 1 aliphatic heterocycles. The van der Waals surface area contributed by atoms with Gasteiger partial charge in [-0.1, -0.05) is 6.92 Å². The molecule has 0 aromatic carbocycles. The zero-order chi connectivity index (χ0) is 20.2. The smallest absolute Gasteiger partial charge is 0.239 e. The van der Waals surface area contributed by atoms with Gasteiger partial charge in [0, 0.05) is 36.8 Å². The number of aryl methyl sites for hydroxylation is 1. The Bertz CT molecular complexity index is 971. The number of nitrogens with one attached hydrogen (secondary N) is 2. The molecule has 0 saturated carbocycles. The lowest BCUT2D eigenvalue weighted by atomic mass is 10.3. The van der Waals surface area contributed by atoms with Crippen molar-refractivity contribution < 1.29 is 9.21 Å². The fraction of sp³-hybridized carbons (Fsp3) is 0.400. The van der Waals surface area contributed by atoms with E-state index in [4.69, 9.17) is 4.42 Å². The Morgan fingerprint density at radius 1 is 1.38 bits per heavy atom. The van der Waals surface area contributed by atoms with Gasteiger partial charge >= 0.3 is 0 Å². The van der Waals surface area contributed by atoms with Crippen LogP contribution in [0.5, 0.6) is 0 Å². The van der Waals surface area contributed by atoms with Crippen molar-refractivity contribution in [3.63, 3.8) is 0 Å². The van der Waals surface area contributed by atoms with Gasteiger partial charge in [0.2, 0.25) is 5.91 Å². The molecule has 9 heteroatoms. The van der Waals surface area contributed by atoms with E-state index in [0.29, 0.717) is 35.7 Å². The van der Waals surface area contributed by atoms with Gasteiger partial charge in [-0.3, -0.25) is 9.69 Å². The highest BCUT2D eigenvalue weighted by Crippen LogP contribution is 2.26. The molecule has 3 aromatic heterocycles. The van der Waals surface area contributed by atoms with Crippen molar-refractivity contribution in [3.05, 3.63) is 35.5 Å². The molecule has 0 radical (unpaired) electrons. The van der Waals surface area contributed by atoms with Crippen molar-refractivity contribution in [3.8, 4) is 22.3 Å². The summed E-state index contributed by atoms with van der Waals surface area (Å²) >= 11 is 1.48. The van der Waals surface area contributed by atoms with Crippen LogP contribution >= 0.6 is 11.3 Å². The lowest BCUT2D eigenvalue weighted by Crippen LogP contribution is -2.36. The number of carbonyl (C=O) groups excluding carboxylic acids is 1. The fourth-order valence-electron chi connectivity index (χ4n) is 3.45. The van der Waals surface area contributed by atoms with Crippen LogP contribution in [0, 0.1) is 6.92 Å². The number of carbonyl (C=O) groups is 1. The van der Waals surface area contributed by atoms with Crippen LogP contribution in [-0.2, 0) is 4.79 Å². The summed E-state index contributed by atoms with van der Waals surface area (Å²) in [6.45, 7) is 7.05. The van der Waals surface area contributed by atoms with Crippen LogP contribution in [0.15, 0.2) is 34.2 Å². The van der Waals surface area contributed by atoms with Gasteiger partial charge in [-0.2, -0.15) is 0 Å². The summed E-state index contributed by atoms with van der Waals surface area (Å²) in [4.78, 5) is 28.2. The monoisotopic (exact) mass is 412 g/mol. The van der Waals surface area contributed by atoms with Crippen LogP contribution in [0.1, 0.15) is 19.1 Å². The molecule has 1 atom stereocenters. The number of likely N-dealkylation sites (N-methyl/N-ethyl adjacent to an activating group) is 1. The van der Waals surface area contributed by atoms with E-state index < -0.39 is 0 Å². The van der Waals surface area contributed by atoms with Gasteiger partial charge in [-0.15, -0.1) is 11.3 Å². The minimum Gasteiger partial charge on any atom is -0.458 e. The van der Waals surface area contributed by atoms with E-state index in [1.54, 1.807) is 12.3 Å². The van der Waals surface area contributed by atoms with Crippen molar-refractivity contribution >= 4 is 23.1 Å². The zero-order valence-electron chi connectivity index (χ0n) is 16.5. The van der Waals surface area contributed by atoms with Gasteiger partial charge in [-0.25, -0.2) is 15.0 Å². The van der Waals surface area contributed by atoms with Crippen LogP contribution in [0.25, 0.3) is 22.3 Å². The maximum Gasteiger partial charge on any atom is 0.239 e. The summed E-state index contributed by atoms with van der Waals surface area (Å²) in [5.74, 6) is 2.12. The lowest BCUT2D eigenvalue weighted by Gasteiger charge is -2.16. The van der Waals surface area contributed by atoms with Crippen molar-refractivity contribution in [2.75, 3.05) is 31.5 Å². The Kier molecular flexibility index (Phi) is 5.98. The number of likely N-dealkylation sites (tertiary alicyclic amines) is 1. The van der Waals surface area contributed by atoms with Gasteiger partial charge < -0.3 is 15.1 Å². The SMILES string of the molecule is CCNC1CCN(CC(=O)Nc2cc(-c3nccs3)nc(-c3ccc(C)o3)n2)C1. The number of thiazole rings is 1. The third-order valence-electron chi connectivity index (χ3n) is 4.74. The summed E-state index contributed by atoms with van der Waals surface area (Å²) < 4.78 is 5.67. The second-order valence-corrected chi connectivity index (χ2v) is 7.93. The van der Waals surface area contributed by atoms with Gasteiger partial charge in [0.15, 0.2) is 11.6 Å². The third-order valence-corrected chi connectivity index (χ3v) is 5.53. The molecule has 0 spiro atoms. The first kappa shape index (κ1) is 19.7. The van der Waals surface area contributed by atoms with Crippen molar-refractivity contribution in [1.29, 1.82) is 0 Å². The van der Waals surface area contributed by atoms with E-state index in [1.165, 1.54) is 11.3 Å². The van der Waals surface area contributed by atoms with E-state index in [1.807, 2.05) is 24.4 Å². The average Bonchev–Trinajstić information content (AvgIpc) is 3.44. The molecule has 1 saturated heterocycles. The van der Waals surface area contributed by atoms with Crippen LogP contribution in [0.2, 0.25) is 0 Å². The topological polar surface area (TPSA) is 96.2 Å². The number of anilines is 1. The van der Waals surface area contributed by atoms with Gasteiger partial charge in [-0.05, 0) is 32.0 Å². The van der Waals surface area contributed by atoms with Gasteiger partial charge in [0.1, 0.15) is 22.3 Å². The first-order valence-corrected chi connectivity index (χ1v) is 10.6. The Hall–Kier alpha value is -2.62. The molecule has 1 aliphatic rings. The lowest BCUT2D eigenvalue weighted by molar-refractivity contribution is -0.117. The first-order chi connectivity index (χ1) is 14.1. The summed E-state index contributed by atoms with van der Waals surface area (Å²) in [6.07, 6.45) is 2.79. The Labute approximate surface area is 173 Å². The number of nitrogens with zero attached hydrogens (tertiary/aromatic N) is 4. The Balaban J connectivity index is 1.52. The van der Waals surface area contributed by atoms with Crippen LogP contribution in [-0.4, -0.2) is 58.0 Å². The summed E-state index contributed by atoms with van der Waals surface area (Å²) in [5.41, 5.74) is 0.655. The number of rotatable bonds is 7. The molecular formula is C20H24N6O2S. The fourth-order valence-corrected chi connectivity index (χ4v) is 4.05. The molecule has 152 valence electrons. The van der Waals surface area contributed by atoms with Gasteiger partial charge in [0.05, 0.1) is 6.54 Å². The number of aromatic nitrogens is 3. The molecular weight excluding hydrogens is 388 g/mol. The zero-order valence-corrected chi connectivity index (χ0v) is 17.3. The van der Waals surface area contributed by atoms with Crippen molar-refractivity contribution in [2.24, 2.45) is 0 Å². The highest BCUT2D eigenvalue weighted by Gasteiger charge is 2.23. The normalized spacial score (nSPS) is 17.0. The number of amides is 1. The first-order valence-electron chi connectivity index (χ1n) is 9.72. The Morgan fingerprint density at radius 3 is 3.00 bits per heavy atom. The predicted octanol–water partition coefficient (Wildman–Crippen LogP) is 2.79. The molecule has 4 rings (SSSR count). The van der Waals surface area contributed by atoms with E-state index in [-0.39, 0.29) is 5.91 Å². The van der Waals surface area contributed by atoms with E-state index >= 15 is 0 Å². The second-order valence-electron chi connectivity index (χ2n) is 7.04. The third kappa shape index (κ3) is 4.87. The summed E-state index contributed by atoms with van der Waals surface area (Å²) in [6, 6.07) is 5.90. The van der Waals surface area contributed by atoms with E-state index in [2.05, 4.69) is 37.4 Å². The largest absolute Gasteiger partial charge is 0.458 e. The molecule has 0 aliphatic carbocycles. The highest BCUT2D eigenvalue weighted by molar-refractivity contribution is 7.13. The van der Waals surface area contributed by atoms with E-state index in [9.17, 15) is 4.79 Å². The van der Waals surface area contributed by atoms with Crippen LogP contribution in [0.3, 0.4) is 0 Å². The molecule has 4 heterocycles. The summed E-state index contributed by atoms with van der Waals surface area (Å²) in [5, 5.41) is 9.01. The molecule has 29 heavy (non-hydrogen) atoms. The van der Waals surface area contributed by atoms with Crippen LogP contribution < -0.4 is 10.6 Å². The average molecular weight is 413 g/mol. The molecule has 8 nitrogen and oxygen atoms in total. The minimum atomic E-state index is -0.0903. The highest BCUT2D eigenvalue weighted by atomic mass is 32.1. The Morgan fingerprint density at radius 2 is 2.28 bits per heavy atom. The van der Waals surface area contributed by atoms with E-state index in [0.717, 1.165) is 36.8 Å². The molecule has 1 unspecified atom stereocenters. The minimum absolute atomic E-state index is 0.0903. The number of hydrogen-bond donors (Lipinski definition) is 2. The van der Waals surface area contributed by atoms with Crippen molar-refractivity contribution in [2.45, 2.75) is 26.3 Å². The molecule has 0 bridgehead atoms. The standard InChI is InChI=1S/C20H24N6O2S/c1-3-21-14-6-8-26(11-14)12-18(27)24-17-10-15(20-22-7-9-29-20)23-19(25-17)16-5-4-13(2)28-16/h4-5,7,9-10,14,21H,3,6,8,11-12H2,1-2H3,(H,23,24,25,27). The second kappa shape index (κ2) is 8.81. The predicted molar refractivity (Wildman–Crippen MR) is 113 cm³/mol. The van der Waals surface area contributed by atoms with Crippen molar-refractivity contribution in [1.82, 2.24) is 25.2 Å². The molecule has 3 aromatic rings. The molecule has 1 fully saturated rings. The summed E-state index contributed by atoms with van der Waals surface area (Å²) in [7, 11) is 0.